The van der Waals surface area contributed by atoms with Crippen LogP contribution in [0, 0.1) is 17.2 Å². The number of likely N-dealkylation sites (tertiary alicyclic amines) is 1. The second kappa shape index (κ2) is 9.55. The average Bonchev–Trinajstić information content (AvgIpc) is 2.79. The normalized spacial score (nSPS) is 15.3. The van der Waals surface area contributed by atoms with Crippen molar-refractivity contribution < 1.29 is 19.1 Å². The molecule has 1 unspecified atom stereocenters. The van der Waals surface area contributed by atoms with Gasteiger partial charge in [-0.25, -0.2) is 4.79 Å². The molecule has 0 aliphatic carbocycles. The molecule has 1 fully saturated rings. The summed E-state index contributed by atoms with van der Waals surface area (Å²) < 4.78 is 10.8. The van der Waals surface area contributed by atoms with Gasteiger partial charge in [0.15, 0.2) is 0 Å². The summed E-state index contributed by atoms with van der Waals surface area (Å²) in [5, 5.41) is 9.23. The Morgan fingerprint density at radius 2 is 1.83 bits per heavy atom. The van der Waals surface area contributed by atoms with Crippen LogP contribution in [0.1, 0.15) is 47.4 Å². The van der Waals surface area contributed by atoms with E-state index in [2.05, 4.69) is 6.07 Å². The fourth-order valence-electron chi connectivity index (χ4n) is 4.10. The Morgan fingerprint density at radius 3 is 2.43 bits per heavy atom. The maximum absolute atomic E-state index is 12.3. The summed E-state index contributed by atoms with van der Waals surface area (Å²) in [5.74, 6) is -0.0951. The van der Waals surface area contributed by atoms with E-state index >= 15 is 0 Å². The number of benzene rings is 2. The van der Waals surface area contributed by atoms with E-state index in [1.165, 1.54) is 7.11 Å². The summed E-state index contributed by atoms with van der Waals surface area (Å²) in [6.07, 6.45) is 1.46. The van der Waals surface area contributed by atoms with E-state index in [1.54, 1.807) is 32.2 Å². The van der Waals surface area contributed by atoms with Gasteiger partial charge in [-0.15, -0.1) is 0 Å². The first-order chi connectivity index (χ1) is 14.5. The highest BCUT2D eigenvalue weighted by Gasteiger charge is 2.29. The molecule has 1 amide bonds. The second-order valence-corrected chi connectivity index (χ2v) is 7.53. The van der Waals surface area contributed by atoms with Gasteiger partial charge in [0.05, 0.1) is 30.4 Å². The third-order valence-corrected chi connectivity index (χ3v) is 5.70. The minimum Gasteiger partial charge on any atom is -0.465 e. The highest BCUT2D eigenvalue weighted by molar-refractivity contribution is 5.91. The molecule has 0 spiro atoms. The van der Waals surface area contributed by atoms with E-state index in [9.17, 15) is 14.9 Å². The van der Waals surface area contributed by atoms with Gasteiger partial charge in [0.25, 0.3) is 0 Å². The first-order valence-corrected chi connectivity index (χ1v) is 9.99. The number of esters is 1. The molecule has 6 nitrogen and oxygen atoms in total. The molecule has 0 N–H and O–H groups in total. The van der Waals surface area contributed by atoms with Crippen LogP contribution in [0.2, 0.25) is 0 Å². The molecule has 1 saturated heterocycles. The van der Waals surface area contributed by atoms with Gasteiger partial charge in [-0.1, -0.05) is 12.1 Å². The number of nitrogens with zero attached hydrogens (tertiary/aromatic N) is 2. The van der Waals surface area contributed by atoms with E-state index in [0.717, 1.165) is 29.5 Å². The zero-order chi connectivity index (χ0) is 21.7. The number of amides is 1. The summed E-state index contributed by atoms with van der Waals surface area (Å²) in [6, 6.07) is 15.0. The lowest BCUT2D eigenvalue weighted by molar-refractivity contribution is -0.131. The lowest BCUT2D eigenvalue weighted by Crippen LogP contribution is -2.38. The standard InChI is InChI=1S/C24H26N2O4/c1-16(27)26-9-7-18(8-10-26)23(29-2)21-12-20(13-22(14-21)24(28)30-3)19-6-4-5-17(11-19)15-25/h4-6,11-14,18,23H,7-10H2,1-3H3. The van der Waals surface area contributed by atoms with Gasteiger partial charge in [0.2, 0.25) is 5.91 Å². The number of methoxy groups -OCH3 is 2. The van der Waals surface area contributed by atoms with Crippen LogP contribution in [-0.2, 0) is 14.3 Å². The minimum atomic E-state index is -0.421. The molecular weight excluding hydrogens is 380 g/mol. The Bertz CT molecular complexity index is 971. The van der Waals surface area contributed by atoms with Gasteiger partial charge < -0.3 is 14.4 Å². The third-order valence-electron chi connectivity index (χ3n) is 5.70. The molecule has 30 heavy (non-hydrogen) atoms. The largest absolute Gasteiger partial charge is 0.465 e. The van der Waals surface area contributed by atoms with E-state index in [-0.39, 0.29) is 17.9 Å². The molecule has 1 aliphatic rings. The number of hydrogen-bond acceptors (Lipinski definition) is 5. The van der Waals surface area contributed by atoms with E-state index in [4.69, 9.17) is 9.47 Å². The molecule has 1 heterocycles. The van der Waals surface area contributed by atoms with E-state index in [1.807, 2.05) is 29.2 Å². The first-order valence-electron chi connectivity index (χ1n) is 9.99. The topological polar surface area (TPSA) is 79.6 Å². The Labute approximate surface area is 177 Å². The highest BCUT2D eigenvalue weighted by Crippen LogP contribution is 2.36. The molecule has 0 aromatic heterocycles. The molecule has 2 aromatic carbocycles. The Kier molecular flexibility index (Phi) is 6.86. The third kappa shape index (κ3) is 4.69. The van der Waals surface area contributed by atoms with Crippen molar-refractivity contribution in [2.45, 2.75) is 25.9 Å². The Morgan fingerprint density at radius 1 is 1.10 bits per heavy atom. The van der Waals surface area contributed by atoms with Crippen molar-refractivity contribution in [3.63, 3.8) is 0 Å². The zero-order valence-corrected chi connectivity index (χ0v) is 17.6. The van der Waals surface area contributed by atoms with Crippen LogP contribution in [0.3, 0.4) is 0 Å². The van der Waals surface area contributed by atoms with Crippen LogP contribution < -0.4 is 0 Å². The highest BCUT2D eigenvalue weighted by atomic mass is 16.5. The van der Waals surface area contributed by atoms with E-state index < -0.39 is 5.97 Å². The Hall–Kier alpha value is -3.17. The minimum absolute atomic E-state index is 0.0924. The quantitative estimate of drug-likeness (QED) is 0.702. The lowest BCUT2D eigenvalue weighted by atomic mass is 9.85. The number of carbonyl (C=O) groups excluding carboxylic acids is 2. The number of rotatable bonds is 5. The first kappa shape index (κ1) is 21.5. The summed E-state index contributed by atoms with van der Waals surface area (Å²) in [7, 11) is 3.03. The predicted molar refractivity (Wildman–Crippen MR) is 113 cm³/mol. The summed E-state index contributed by atoms with van der Waals surface area (Å²) >= 11 is 0. The van der Waals surface area contributed by atoms with Gasteiger partial charge >= 0.3 is 5.97 Å². The van der Waals surface area contributed by atoms with Gasteiger partial charge in [-0.3, -0.25) is 4.79 Å². The van der Waals surface area contributed by atoms with Crippen molar-refractivity contribution in [1.82, 2.24) is 4.90 Å². The predicted octanol–water partition coefficient (Wildman–Crippen LogP) is 3.96. The van der Waals surface area contributed by atoms with E-state index in [0.29, 0.717) is 24.2 Å². The van der Waals surface area contributed by atoms with Gasteiger partial charge in [-0.05, 0) is 65.8 Å². The van der Waals surface area contributed by atoms with Crippen molar-refractivity contribution in [2.75, 3.05) is 27.3 Å². The molecular formula is C24H26N2O4. The van der Waals surface area contributed by atoms with Crippen molar-refractivity contribution in [1.29, 1.82) is 5.26 Å². The molecule has 156 valence electrons. The molecule has 0 radical (unpaired) electrons. The monoisotopic (exact) mass is 406 g/mol. The van der Waals surface area contributed by atoms with Crippen LogP contribution in [0.4, 0.5) is 0 Å². The van der Waals surface area contributed by atoms with Crippen molar-refractivity contribution >= 4 is 11.9 Å². The molecule has 6 heteroatoms. The number of ether oxygens (including phenoxy) is 2. The fourth-order valence-corrected chi connectivity index (χ4v) is 4.10. The van der Waals surface area contributed by atoms with Crippen molar-refractivity contribution in [3.05, 3.63) is 59.2 Å². The zero-order valence-electron chi connectivity index (χ0n) is 17.6. The number of piperidine rings is 1. The number of nitriles is 1. The smallest absolute Gasteiger partial charge is 0.337 e. The van der Waals surface area contributed by atoms with Gasteiger partial charge in [0, 0.05) is 27.1 Å². The van der Waals surface area contributed by atoms with Crippen LogP contribution in [-0.4, -0.2) is 44.1 Å². The molecule has 2 aromatic rings. The van der Waals surface area contributed by atoms with Gasteiger partial charge in [0.1, 0.15) is 0 Å². The summed E-state index contributed by atoms with van der Waals surface area (Å²) in [4.78, 5) is 25.8. The van der Waals surface area contributed by atoms with Crippen LogP contribution in [0.15, 0.2) is 42.5 Å². The van der Waals surface area contributed by atoms with Gasteiger partial charge in [-0.2, -0.15) is 5.26 Å². The molecule has 1 aliphatic heterocycles. The Balaban J connectivity index is 1.99. The van der Waals surface area contributed by atoms with Crippen molar-refractivity contribution in [2.24, 2.45) is 5.92 Å². The van der Waals surface area contributed by atoms with Crippen molar-refractivity contribution in [3.8, 4) is 17.2 Å². The maximum Gasteiger partial charge on any atom is 0.337 e. The summed E-state index contributed by atoms with van der Waals surface area (Å²) in [6.45, 7) is 3.00. The van der Waals surface area contributed by atoms with Crippen LogP contribution >= 0.6 is 0 Å². The van der Waals surface area contributed by atoms with Crippen LogP contribution in [0.25, 0.3) is 11.1 Å². The second-order valence-electron chi connectivity index (χ2n) is 7.53. The number of carbonyl (C=O) groups is 2. The van der Waals surface area contributed by atoms with Crippen LogP contribution in [0.5, 0.6) is 0 Å². The fraction of sp³-hybridized carbons (Fsp3) is 0.375. The summed E-state index contributed by atoms with van der Waals surface area (Å²) in [5.41, 5.74) is 3.56. The molecule has 3 rings (SSSR count). The molecule has 1 atom stereocenters. The molecule has 0 bridgehead atoms. The average molecular weight is 406 g/mol. The lowest BCUT2D eigenvalue weighted by Gasteiger charge is -2.35. The number of hydrogen-bond donors (Lipinski definition) is 0. The maximum atomic E-state index is 12.3. The SMILES string of the molecule is COC(=O)c1cc(-c2cccc(C#N)c2)cc(C(OC)C2CCN(C(C)=O)CC2)c1. The molecule has 0 saturated carbocycles.